The molecule has 4 rings (SSSR count). The van der Waals surface area contributed by atoms with Crippen LogP contribution < -0.4 is 5.32 Å². The number of carbonyl (C=O) groups excluding carboxylic acids is 1. The van der Waals surface area contributed by atoms with E-state index in [0.717, 1.165) is 11.3 Å². The zero-order valence-corrected chi connectivity index (χ0v) is 19.4. The van der Waals surface area contributed by atoms with E-state index in [-0.39, 0.29) is 5.91 Å². The second-order valence-electron chi connectivity index (χ2n) is 7.36. The molecule has 0 radical (unpaired) electrons. The van der Waals surface area contributed by atoms with Crippen LogP contribution in [0, 0.1) is 6.92 Å². The molecule has 6 heteroatoms. The Hall–Kier alpha value is -2.40. The molecule has 0 fully saturated rings. The highest BCUT2D eigenvalue weighted by molar-refractivity contribution is 7.98. The maximum atomic E-state index is 12.5. The smallest absolute Gasteiger partial charge is 0.252 e. The first-order valence-electron chi connectivity index (χ1n) is 10.0. The molecule has 0 saturated carbocycles. The van der Waals surface area contributed by atoms with Crippen molar-refractivity contribution in [3.05, 3.63) is 99.7 Å². The first kappa shape index (κ1) is 21.8. The van der Waals surface area contributed by atoms with Crippen molar-refractivity contribution >= 4 is 51.8 Å². The summed E-state index contributed by atoms with van der Waals surface area (Å²) in [5.74, 6) is 0.716. The van der Waals surface area contributed by atoms with Crippen LogP contribution in [0.5, 0.6) is 0 Å². The van der Waals surface area contributed by atoms with E-state index in [1.165, 1.54) is 21.4 Å². The van der Waals surface area contributed by atoms with E-state index < -0.39 is 0 Å². The summed E-state index contributed by atoms with van der Waals surface area (Å²) in [6.07, 6.45) is 2.17. The number of halogens is 2. The van der Waals surface area contributed by atoms with Gasteiger partial charge in [0, 0.05) is 45.9 Å². The average molecular weight is 469 g/mol. The number of hydrogen-bond acceptors (Lipinski definition) is 2. The minimum atomic E-state index is -0.202. The predicted octanol–water partition coefficient (Wildman–Crippen LogP) is 6.98. The topological polar surface area (TPSA) is 34.0 Å². The van der Waals surface area contributed by atoms with Gasteiger partial charge in [0.2, 0.25) is 0 Å². The molecule has 0 aliphatic carbocycles. The van der Waals surface area contributed by atoms with E-state index in [9.17, 15) is 4.79 Å². The Morgan fingerprint density at radius 1 is 1.03 bits per heavy atom. The van der Waals surface area contributed by atoms with Crippen LogP contribution in [0.25, 0.3) is 10.9 Å². The molecule has 0 saturated heterocycles. The van der Waals surface area contributed by atoms with Gasteiger partial charge in [-0.3, -0.25) is 4.79 Å². The van der Waals surface area contributed by atoms with Gasteiger partial charge in [-0.1, -0.05) is 71.2 Å². The summed E-state index contributed by atoms with van der Waals surface area (Å²) in [5, 5.41) is 5.04. The molecule has 0 aliphatic heterocycles. The summed E-state index contributed by atoms with van der Waals surface area (Å²) in [5.41, 5.74) is 4.18. The van der Waals surface area contributed by atoms with E-state index in [0.29, 0.717) is 28.7 Å². The number of nitrogens with one attached hydrogen (secondary N) is 1. The Morgan fingerprint density at radius 2 is 1.87 bits per heavy atom. The molecule has 1 heterocycles. The van der Waals surface area contributed by atoms with Gasteiger partial charge < -0.3 is 9.88 Å². The van der Waals surface area contributed by atoms with Crippen molar-refractivity contribution in [2.24, 2.45) is 0 Å². The van der Waals surface area contributed by atoms with Gasteiger partial charge in [0.25, 0.3) is 5.91 Å². The number of aromatic nitrogens is 1. The molecule has 0 spiro atoms. The highest BCUT2D eigenvalue weighted by Crippen LogP contribution is 2.32. The Balaban J connectivity index is 1.45. The summed E-state index contributed by atoms with van der Waals surface area (Å²) in [4.78, 5) is 13.7. The Morgan fingerprint density at radius 3 is 2.68 bits per heavy atom. The molecule has 158 valence electrons. The van der Waals surface area contributed by atoms with Gasteiger partial charge in [-0.2, -0.15) is 0 Å². The fraction of sp³-hybridized carbons (Fsp3) is 0.160. The molecule has 1 aromatic heterocycles. The Kier molecular flexibility index (Phi) is 6.91. The van der Waals surface area contributed by atoms with Gasteiger partial charge >= 0.3 is 0 Å². The monoisotopic (exact) mass is 468 g/mol. The minimum absolute atomic E-state index is 0.202. The van der Waals surface area contributed by atoms with Crippen LogP contribution in [0.3, 0.4) is 0 Å². The normalized spacial score (nSPS) is 11.1. The zero-order chi connectivity index (χ0) is 21.8. The van der Waals surface area contributed by atoms with Crippen molar-refractivity contribution < 1.29 is 4.79 Å². The molecular weight excluding hydrogens is 447 g/mol. The fourth-order valence-electron chi connectivity index (χ4n) is 3.53. The van der Waals surface area contributed by atoms with Crippen molar-refractivity contribution in [2.45, 2.75) is 24.1 Å². The lowest BCUT2D eigenvalue weighted by Gasteiger charge is -2.09. The highest BCUT2D eigenvalue weighted by atomic mass is 35.5. The third-order valence-corrected chi connectivity index (χ3v) is 6.70. The van der Waals surface area contributed by atoms with Gasteiger partial charge in [-0.05, 0) is 36.8 Å². The van der Waals surface area contributed by atoms with Crippen molar-refractivity contribution in [1.29, 1.82) is 0 Å². The third-order valence-electron chi connectivity index (χ3n) is 5.04. The molecule has 4 aromatic rings. The van der Waals surface area contributed by atoms with Crippen LogP contribution in [0.15, 0.2) is 77.8 Å². The van der Waals surface area contributed by atoms with Gasteiger partial charge in [0.1, 0.15) is 0 Å². The molecular formula is C25H22Cl2N2OS. The number of aryl methyl sites for hydroxylation is 1. The average Bonchev–Trinajstić information content (AvgIpc) is 3.10. The number of para-hydroxylation sites is 1. The standard InChI is InChI=1S/C25H22Cl2N2OS/c1-17-5-4-6-18(13-17)16-31-24-15-29(23-8-3-2-7-21(23)24)12-11-28-25(30)20-10-9-19(26)14-22(20)27/h2-10,13-15H,11-12,16H2,1H3,(H,28,30). The number of carbonyl (C=O) groups is 1. The van der Waals surface area contributed by atoms with Crippen LogP contribution in [0.4, 0.5) is 0 Å². The van der Waals surface area contributed by atoms with Crippen LogP contribution >= 0.6 is 35.0 Å². The first-order chi connectivity index (χ1) is 15.0. The lowest BCUT2D eigenvalue weighted by Crippen LogP contribution is -2.27. The Bertz CT molecular complexity index is 1240. The second kappa shape index (κ2) is 9.82. The van der Waals surface area contributed by atoms with Crippen LogP contribution in [0.1, 0.15) is 21.5 Å². The van der Waals surface area contributed by atoms with Crippen molar-refractivity contribution in [1.82, 2.24) is 9.88 Å². The molecule has 1 amide bonds. The number of hydrogen-bond donors (Lipinski definition) is 1. The van der Waals surface area contributed by atoms with Gasteiger partial charge in [-0.15, -0.1) is 11.8 Å². The molecule has 0 unspecified atom stereocenters. The van der Waals surface area contributed by atoms with E-state index in [1.807, 2.05) is 17.8 Å². The molecule has 3 aromatic carbocycles. The zero-order valence-electron chi connectivity index (χ0n) is 17.1. The third kappa shape index (κ3) is 5.27. The Labute approximate surface area is 196 Å². The van der Waals surface area contributed by atoms with E-state index in [4.69, 9.17) is 23.2 Å². The molecule has 1 N–H and O–H groups in total. The number of fused-ring (bicyclic) bond motifs is 1. The molecule has 3 nitrogen and oxygen atoms in total. The molecule has 0 atom stereocenters. The van der Waals surface area contributed by atoms with Crippen molar-refractivity contribution in [2.75, 3.05) is 6.54 Å². The van der Waals surface area contributed by atoms with Gasteiger partial charge in [-0.25, -0.2) is 0 Å². The van der Waals surface area contributed by atoms with Crippen LogP contribution in [-0.4, -0.2) is 17.0 Å². The van der Waals surface area contributed by atoms with E-state index in [1.54, 1.807) is 18.2 Å². The highest BCUT2D eigenvalue weighted by Gasteiger charge is 2.12. The maximum absolute atomic E-state index is 12.5. The van der Waals surface area contributed by atoms with Crippen LogP contribution in [0.2, 0.25) is 10.0 Å². The number of amides is 1. The maximum Gasteiger partial charge on any atom is 0.252 e. The summed E-state index contributed by atoms with van der Waals surface area (Å²) < 4.78 is 2.19. The summed E-state index contributed by atoms with van der Waals surface area (Å²) in [6.45, 7) is 3.28. The number of rotatable bonds is 7. The molecule has 31 heavy (non-hydrogen) atoms. The van der Waals surface area contributed by atoms with Crippen molar-refractivity contribution in [3.63, 3.8) is 0 Å². The molecule has 0 aliphatic rings. The first-order valence-corrected chi connectivity index (χ1v) is 11.7. The van der Waals surface area contributed by atoms with E-state index in [2.05, 4.69) is 65.5 Å². The minimum Gasteiger partial charge on any atom is -0.350 e. The van der Waals surface area contributed by atoms with Crippen LogP contribution in [-0.2, 0) is 12.3 Å². The summed E-state index contributed by atoms with van der Waals surface area (Å²) in [6, 6.07) is 21.9. The number of nitrogens with zero attached hydrogens (tertiary/aromatic N) is 1. The lowest BCUT2D eigenvalue weighted by molar-refractivity contribution is 0.0952. The van der Waals surface area contributed by atoms with Gasteiger partial charge in [0.15, 0.2) is 0 Å². The quantitative estimate of drug-likeness (QED) is 0.296. The second-order valence-corrected chi connectivity index (χ2v) is 9.22. The van der Waals surface area contributed by atoms with E-state index >= 15 is 0 Å². The fourth-order valence-corrected chi connectivity index (χ4v) is 5.06. The summed E-state index contributed by atoms with van der Waals surface area (Å²) >= 11 is 13.9. The molecule has 0 bridgehead atoms. The predicted molar refractivity (Wildman–Crippen MR) is 131 cm³/mol. The number of thioether (sulfide) groups is 1. The largest absolute Gasteiger partial charge is 0.350 e. The summed E-state index contributed by atoms with van der Waals surface area (Å²) in [7, 11) is 0. The SMILES string of the molecule is Cc1cccc(CSc2cn(CCNC(=O)c3ccc(Cl)cc3Cl)c3ccccc23)c1. The lowest BCUT2D eigenvalue weighted by atomic mass is 10.2. The number of benzene rings is 3. The van der Waals surface area contributed by atoms with Gasteiger partial charge in [0.05, 0.1) is 10.6 Å². The van der Waals surface area contributed by atoms with Crippen molar-refractivity contribution in [3.8, 4) is 0 Å².